The van der Waals surface area contributed by atoms with Crippen LogP contribution in [0.25, 0.3) is 22.3 Å². The lowest BCUT2D eigenvalue weighted by molar-refractivity contribution is -0.141. The van der Waals surface area contributed by atoms with Gasteiger partial charge in [0, 0.05) is 24.7 Å². The highest BCUT2D eigenvalue weighted by molar-refractivity contribution is 8.21. The number of alkyl halides is 1. The van der Waals surface area contributed by atoms with Crippen molar-refractivity contribution in [3.05, 3.63) is 148 Å². The molecule has 5 aromatic rings. The Morgan fingerprint density at radius 3 is 1.38 bits per heavy atom. The molecule has 4 atom stereocenters. The van der Waals surface area contributed by atoms with E-state index in [1.54, 1.807) is 12.1 Å². The third kappa shape index (κ3) is 10.6. The third-order valence-electron chi connectivity index (χ3n) is 12.8. The maximum atomic E-state index is 13.5. The number of amides is 2. The predicted molar refractivity (Wildman–Crippen MR) is 249 cm³/mol. The highest BCUT2D eigenvalue weighted by Gasteiger charge is 2.43. The van der Waals surface area contributed by atoms with Crippen LogP contribution in [0.5, 0.6) is 0 Å². The number of carbonyl (C=O) groups is 4. The van der Waals surface area contributed by atoms with E-state index in [1.165, 1.54) is 13.8 Å². The van der Waals surface area contributed by atoms with E-state index in [9.17, 15) is 49.8 Å². The summed E-state index contributed by atoms with van der Waals surface area (Å²) in [5, 5.41) is 18.9. The lowest BCUT2D eigenvalue weighted by Crippen LogP contribution is -2.41. The molecule has 4 aliphatic rings. The van der Waals surface area contributed by atoms with Crippen molar-refractivity contribution in [3.8, 4) is 22.3 Å². The smallest absolute Gasteiger partial charge is 0.410 e. The van der Waals surface area contributed by atoms with Gasteiger partial charge in [-0.3, -0.25) is 14.6 Å². The van der Waals surface area contributed by atoms with Crippen molar-refractivity contribution >= 4 is 35.4 Å². The zero-order valence-corrected chi connectivity index (χ0v) is 39.0. The van der Waals surface area contributed by atoms with Gasteiger partial charge in [0.05, 0.1) is 24.1 Å². The summed E-state index contributed by atoms with van der Waals surface area (Å²) in [5.41, 5.74) is 10.2. The van der Waals surface area contributed by atoms with E-state index in [2.05, 4.69) is 0 Å². The highest BCUT2D eigenvalue weighted by Crippen LogP contribution is 2.63. The van der Waals surface area contributed by atoms with Crippen molar-refractivity contribution in [2.75, 3.05) is 26.3 Å². The zero-order chi connectivity index (χ0) is 49.2. The molecule has 0 saturated carbocycles. The minimum Gasteiger partial charge on any atom is -0.480 e. The van der Waals surface area contributed by atoms with Gasteiger partial charge in [0.2, 0.25) is 11.2 Å². The number of aliphatic carboxylic acids is 1. The second kappa shape index (κ2) is 20.1. The average Bonchev–Trinajstić information content (AvgIpc) is 4.05. The number of nitrogens with zero attached hydrogens (tertiary/aromatic N) is 2. The van der Waals surface area contributed by atoms with Gasteiger partial charge in [0.1, 0.15) is 31.5 Å². The molecule has 2 aliphatic carbocycles. The van der Waals surface area contributed by atoms with Gasteiger partial charge >= 0.3 is 24.2 Å². The summed E-state index contributed by atoms with van der Waals surface area (Å²) < 4.78 is 75.9. The Hall–Kier alpha value is -6.26. The summed E-state index contributed by atoms with van der Waals surface area (Å²) >= 11 is -5.13. The van der Waals surface area contributed by atoms with Crippen LogP contribution in [0, 0.1) is 13.8 Å². The monoisotopic (exact) mass is 960 g/mol. The number of likely N-dealkylation sites (tertiary alicyclic amines) is 2. The molecule has 0 radical (unpaired) electrons. The number of rotatable bonds is 7. The molecule has 0 aromatic heterocycles. The summed E-state index contributed by atoms with van der Waals surface area (Å²) in [6.07, 6.45) is -4.10. The number of aliphatic hydroxyl groups is 1. The van der Waals surface area contributed by atoms with Gasteiger partial charge in [-0.25, -0.2) is 18.8 Å². The van der Waals surface area contributed by atoms with E-state index in [0.717, 1.165) is 59.9 Å². The largest absolute Gasteiger partial charge is 0.480 e. The van der Waals surface area contributed by atoms with E-state index >= 15 is 0 Å². The first-order valence-corrected chi connectivity index (χ1v) is 23.5. The minimum atomic E-state index is -5.13. The molecule has 0 unspecified atom stereocenters. The first-order chi connectivity index (χ1) is 32.1. The van der Waals surface area contributed by atoms with Crippen molar-refractivity contribution in [2.24, 2.45) is 0 Å². The van der Waals surface area contributed by atoms with E-state index in [1.807, 2.05) is 118 Å². The van der Waals surface area contributed by atoms with Crippen molar-refractivity contribution in [3.63, 3.8) is 0 Å². The lowest BCUT2D eigenvalue weighted by Gasteiger charge is -2.23. The normalized spacial score (nSPS) is 19.6. The fourth-order valence-electron chi connectivity index (χ4n) is 9.55. The number of halogens is 5. The first kappa shape index (κ1) is 49.6. The van der Waals surface area contributed by atoms with Crippen LogP contribution in [0.3, 0.4) is 0 Å². The zero-order valence-electron chi connectivity index (χ0n) is 38.1. The molecule has 10 nitrogen and oxygen atoms in total. The van der Waals surface area contributed by atoms with Gasteiger partial charge in [-0.1, -0.05) is 130 Å². The highest BCUT2D eigenvalue weighted by atomic mass is 32.3. The topological polar surface area (TPSA) is 134 Å². The molecule has 2 aliphatic heterocycles. The number of carboxylic acid groups (broad SMARTS) is 1. The fourth-order valence-corrected chi connectivity index (χ4v) is 10.4. The maximum absolute atomic E-state index is 13.5. The molecule has 0 bridgehead atoms. The van der Waals surface area contributed by atoms with Crippen LogP contribution in [0.2, 0.25) is 0 Å². The number of hydrogen-bond donors (Lipinski definition) is 2. The molecule has 2 heterocycles. The number of fused-ring (bicyclic) bond motifs is 6. The quantitative estimate of drug-likeness (QED) is 0.122. The summed E-state index contributed by atoms with van der Waals surface area (Å²) in [6, 6.07) is 30.9. The summed E-state index contributed by atoms with van der Waals surface area (Å²) in [4.78, 5) is 48.5. The maximum Gasteiger partial charge on any atom is 0.410 e. The number of carboxylic acids is 1. The number of carbonyl (C=O) groups excluding carboxylic acids is 3. The number of benzene rings is 5. The number of ether oxygens (including phenoxy) is 2. The standard InChI is InChI=1S/C20H17F2NO3.C20H19NO5.C12H17F3S/c21-12-9-18(19(22)24)23(10-12)20(25)26-11-17-15-7-3-1-5-13(15)14-6-2-4-8-16(14)17;22-12-9-18(19(23)24)21(10-12)20(25)26-11-17-15-7-3-1-5-13(15)14-6-2-4-8-16(14)17;1-8-6-10(12(3,4)5)7-9(2)11(8)16(13,14)15/h1-8,12,17-18H,9-11H2;1-8,12,17-18,22H,9-11H2,(H,23,24);6-7H,1-5H3/t12-,18-;12-,18+;/m01./s1. The van der Waals surface area contributed by atoms with Gasteiger partial charge in [-0.2, -0.15) is 4.39 Å². The minimum absolute atomic E-state index is 0.0202. The van der Waals surface area contributed by atoms with E-state index in [0.29, 0.717) is 11.1 Å². The molecule has 0 spiro atoms. The SMILES string of the molecule is Cc1cc(C(C)(C)C)cc(C)c1S(F)(F)F.O=C(F)[C@@H]1C[C@H](F)CN1C(=O)OCC1c2ccccc2-c2ccccc21.O=C(O)[C@@H]1C[C@@H](O)CN1C(=O)OCC1c2ccccc2-c2ccccc21. The number of hydrogen-bond acceptors (Lipinski definition) is 7. The Balaban J connectivity index is 0.000000156. The van der Waals surface area contributed by atoms with Crippen LogP contribution in [-0.4, -0.2) is 94.9 Å². The summed E-state index contributed by atoms with van der Waals surface area (Å²) in [5.74, 6) is -1.35. The Labute approximate surface area is 393 Å². The molecule has 2 saturated heterocycles. The lowest BCUT2D eigenvalue weighted by atomic mass is 9.85. The molecular weight excluding hydrogens is 908 g/mol. The molecule has 2 fully saturated rings. The molecular formula is C52H53F5N2O8S. The van der Waals surface area contributed by atoms with E-state index in [-0.39, 0.29) is 56.4 Å². The predicted octanol–water partition coefficient (Wildman–Crippen LogP) is 11.7. The van der Waals surface area contributed by atoms with Gasteiger partial charge in [-0.05, 0) is 80.5 Å². The van der Waals surface area contributed by atoms with Gasteiger partial charge < -0.3 is 19.7 Å². The van der Waals surface area contributed by atoms with Crippen molar-refractivity contribution < 1.29 is 59.3 Å². The molecule has 2 amide bonds. The van der Waals surface area contributed by atoms with Crippen LogP contribution >= 0.6 is 11.2 Å². The molecule has 360 valence electrons. The van der Waals surface area contributed by atoms with Crippen LogP contribution in [0.4, 0.5) is 30.0 Å². The van der Waals surface area contributed by atoms with Gasteiger partial charge in [0.25, 0.3) is 0 Å². The van der Waals surface area contributed by atoms with Crippen molar-refractivity contribution in [2.45, 2.75) is 94.0 Å². The molecule has 16 heteroatoms. The third-order valence-corrected chi connectivity index (χ3v) is 13.9. The van der Waals surface area contributed by atoms with Crippen molar-refractivity contribution in [1.82, 2.24) is 9.80 Å². The average molecular weight is 961 g/mol. The number of aliphatic hydroxyl groups excluding tert-OH is 1. The summed E-state index contributed by atoms with van der Waals surface area (Å²) in [6.45, 7) is 8.92. The number of β-amino-alcohol motifs (C(OH)–C–C–N with tert-alkyl or cyclic N) is 1. The van der Waals surface area contributed by atoms with Crippen LogP contribution in [0.15, 0.2) is 114 Å². The Morgan fingerprint density at radius 1 is 0.647 bits per heavy atom. The molecule has 2 N–H and O–H groups in total. The van der Waals surface area contributed by atoms with Crippen molar-refractivity contribution in [1.29, 1.82) is 0 Å². The van der Waals surface area contributed by atoms with Gasteiger partial charge in [0.15, 0.2) is 0 Å². The van der Waals surface area contributed by atoms with Crippen LogP contribution in [0.1, 0.15) is 84.4 Å². The van der Waals surface area contributed by atoms with Crippen LogP contribution in [-0.2, 0) is 24.5 Å². The first-order valence-electron chi connectivity index (χ1n) is 22.2. The molecule has 68 heavy (non-hydrogen) atoms. The second-order valence-electron chi connectivity index (χ2n) is 18.4. The molecule has 9 rings (SSSR count). The summed E-state index contributed by atoms with van der Waals surface area (Å²) in [7, 11) is 0. The fraction of sp³-hybridized carbons (Fsp3) is 0.346. The Bertz CT molecular complexity index is 2450. The van der Waals surface area contributed by atoms with E-state index < -0.39 is 64.6 Å². The second-order valence-corrected chi connectivity index (χ2v) is 19.6. The Morgan fingerprint density at radius 2 is 1.03 bits per heavy atom. The van der Waals surface area contributed by atoms with Crippen LogP contribution < -0.4 is 0 Å². The van der Waals surface area contributed by atoms with E-state index in [4.69, 9.17) is 9.47 Å². The molecule has 5 aromatic carbocycles. The number of aryl methyl sites for hydroxylation is 2. The Kier molecular flexibility index (Phi) is 14.7. The van der Waals surface area contributed by atoms with Gasteiger partial charge in [-0.15, -0.1) is 11.7 Å².